The van der Waals surface area contributed by atoms with Crippen molar-refractivity contribution in [2.45, 2.75) is 66.2 Å². The van der Waals surface area contributed by atoms with Crippen LogP contribution in [0.2, 0.25) is 0 Å². The van der Waals surface area contributed by atoms with E-state index in [4.69, 9.17) is 0 Å². The molecule has 92 valence electrons. The lowest BCUT2D eigenvalue weighted by molar-refractivity contribution is 0.216. The van der Waals surface area contributed by atoms with Crippen LogP contribution in [0, 0.1) is 5.92 Å². The van der Waals surface area contributed by atoms with Crippen molar-refractivity contribution in [2.75, 3.05) is 19.6 Å². The van der Waals surface area contributed by atoms with E-state index in [1.807, 2.05) is 0 Å². The Morgan fingerprint density at radius 3 is 1.53 bits per heavy atom. The topological polar surface area (TPSA) is 3.24 Å². The van der Waals surface area contributed by atoms with Crippen LogP contribution in [0.1, 0.15) is 66.2 Å². The standard InChI is InChI=1S/C14H31N/c1-5-9-14(10-6-2)13-15(11-7-3)12-8-4/h14H,5-13H2,1-4H3. The van der Waals surface area contributed by atoms with Gasteiger partial charge in [-0.05, 0) is 44.7 Å². The first-order valence-electron chi connectivity index (χ1n) is 7.00. The van der Waals surface area contributed by atoms with E-state index in [0.717, 1.165) is 5.92 Å². The van der Waals surface area contributed by atoms with E-state index in [-0.39, 0.29) is 0 Å². The first kappa shape index (κ1) is 15.0. The molecule has 0 unspecified atom stereocenters. The maximum absolute atomic E-state index is 2.66. The maximum atomic E-state index is 2.66. The summed E-state index contributed by atoms with van der Waals surface area (Å²) < 4.78 is 0. The van der Waals surface area contributed by atoms with Crippen molar-refractivity contribution in [1.29, 1.82) is 0 Å². The van der Waals surface area contributed by atoms with E-state index in [1.54, 1.807) is 0 Å². The van der Waals surface area contributed by atoms with Gasteiger partial charge in [0.05, 0.1) is 0 Å². The third-order valence-corrected chi connectivity index (χ3v) is 2.99. The second-order valence-electron chi connectivity index (χ2n) is 4.74. The molecule has 0 aromatic rings. The van der Waals surface area contributed by atoms with Crippen LogP contribution in [-0.2, 0) is 0 Å². The zero-order valence-corrected chi connectivity index (χ0v) is 11.4. The summed E-state index contributed by atoms with van der Waals surface area (Å²) in [6, 6.07) is 0. The van der Waals surface area contributed by atoms with E-state index in [1.165, 1.54) is 58.2 Å². The minimum absolute atomic E-state index is 0.943. The van der Waals surface area contributed by atoms with Crippen molar-refractivity contribution in [1.82, 2.24) is 4.90 Å². The normalized spacial score (nSPS) is 11.6. The summed E-state index contributed by atoms with van der Waals surface area (Å²) in [7, 11) is 0. The van der Waals surface area contributed by atoms with Crippen LogP contribution >= 0.6 is 0 Å². The minimum Gasteiger partial charge on any atom is -0.303 e. The molecule has 0 radical (unpaired) electrons. The molecule has 1 nitrogen and oxygen atoms in total. The average molecular weight is 213 g/mol. The number of nitrogens with zero attached hydrogens (tertiary/aromatic N) is 1. The van der Waals surface area contributed by atoms with Gasteiger partial charge in [0.1, 0.15) is 0 Å². The van der Waals surface area contributed by atoms with Crippen LogP contribution in [0.3, 0.4) is 0 Å². The van der Waals surface area contributed by atoms with Crippen molar-refractivity contribution in [3.63, 3.8) is 0 Å². The fraction of sp³-hybridized carbons (Fsp3) is 1.00. The summed E-state index contributed by atoms with van der Waals surface area (Å²) in [4.78, 5) is 2.66. The number of hydrogen-bond acceptors (Lipinski definition) is 1. The molecule has 0 rings (SSSR count). The van der Waals surface area contributed by atoms with E-state index in [2.05, 4.69) is 32.6 Å². The van der Waals surface area contributed by atoms with E-state index in [9.17, 15) is 0 Å². The highest BCUT2D eigenvalue weighted by molar-refractivity contribution is 4.65. The highest BCUT2D eigenvalue weighted by atomic mass is 15.1. The fourth-order valence-corrected chi connectivity index (χ4v) is 2.44. The van der Waals surface area contributed by atoms with Gasteiger partial charge in [0, 0.05) is 6.54 Å². The Labute approximate surface area is 97.2 Å². The zero-order valence-electron chi connectivity index (χ0n) is 11.4. The monoisotopic (exact) mass is 213 g/mol. The molecule has 0 atom stereocenters. The Kier molecular flexibility index (Phi) is 10.4. The second-order valence-corrected chi connectivity index (χ2v) is 4.74. The van der Waals surface area contributed by atoms with E-state index < -0.39 is 0 Å². The number of rotatable bonds is 10. The molecule has 0 saturated carbocycles. The smallest absolute Gasteiger partial charge is 0.000965 e. The molecular weight excluding hydrogens is 182 g/mol. The summed E-state index contributed by atoms with van der Waals surface area (Å²) in [5.41, 5.74) is 0. The molecule has 0 bridgehead atoms. The Morgan fingerprint density at radius 2 is 1.20 bits per heavy atom. The molecule has 0 amide bonds. The van der Waals surface area contributed by atoms with Gasteiger partial charge >= 0.3 is 0 Å². The lowest BCUT2D eigenvalue weighted by atomic mass is 9.97. The molecule has 0 aliphatic rings. The van der Waals surface area contributed by atoms with Crippen molar-refractivity contribution in [3.05, 3.63) is 0 Å². The quantitative estimate of drug-likeness (QED) is 0.522. The first-order chi connectivity index (χ1) is 7.28. The van der Waals surface area contributed by atoms with Gasteiger partial charge < -0.3 is 4.90 Å². The minimum atomic E-state index is 0.943. The van der Waals surface area contributed by atoms with Crippen molar-refractivity contribution < 1.29 is 0 Å². The fourth-order valence-electron chi connectivity index (χ4n) is 2.44. The van der Waals surface area contributed by atoms with Crippen LogP contribution < -0.4 is 0 Å². The van der Waals surface area contributed by atoms with Crippen LogP contribution in [0.15, 0.2) is 0 Å². The third-order valence-electron chi connectivity index (χ3n) is 2.99. The second kappa shape index (κ2) is 10.5. The molecule has 0 saturated heterocycles. The third kappa shape index (κ3) is 7.84. The Morgan fingerprint density at radius 1 is 0.733 bits per heavy atom. The largest absolute Gasteiger partial charge is 0.303 e. The highest BCUT2D eigenvalue weighted by Gasteiger charge is 2.11. The average Bonchev–Trinajstić information content (AvgIpc) is 2.19. The maximum Gasteiger partial charge on any atom is 0.000965 e. The van der Waals surface area contributed by atoms with Gasteiger partial charge in [0.15, 0.2) is 0 Å². The molecule has 0 N–H and O–H groups in total. The van der Waals surface area contributed by atoms with Gasteiger partial charge in [0.25, 0.3) is 0 Å². The van der Waals surface area contributed by atoms with Gasteiger partial charge in [0.2, 0.25) is 0 Å². The SMILES string of the molecule is CCCC(CCC)CN(CCC)CCC. The van der Waals surface area contributed by atoms with Crippen molar-refractivity contribution >= 4 is 0 Å². The Bertz CT molecular complexity index is 96.5. The van der Waals surface area contributed by atoms with Crippen LogP contribution in [-0.4, -0.2) is 24.5 Å². The van der Waals surface area contributed by atoms with Crippen LogP contribution in [0.5, 0.6) is 0 Å². The predicted octanol–water partition coefficient (Wildman–Crippen LogP) is 4.32. The zero-order chi connectivity index (χ0) is 11.5. The van der Waals surface area contributed by atoms with Gasteiger partial charge in [-0.3, -0.25) is 0 Å². The molecule has 0 fully saturated rings. The Balaban J connectivity index is 3.93. The molecule has 0 heterocycles. The van der Waals surface area contributed by atoms with Crippen molar-refractivity contribution in [2.24, 2.45) is 5.92 Å². The highest BCUT2D eigenvalue weighted by Crippen LogP contribution is 2.15. The molecule has 15 heavy (non-hydrogen) atoms. The van der Waals surface area contributed by atoms with E-state index >= 15 is 0 Å². The van der Waals surface area contributed by atoms with Crippen LogP contribution in [0.4, 0.5) is 0 Å². The van der Waals surface area contributed by atoms with Gasteiger partial charge in [-0.1, -0.05) is 40.5 Å². The summed E-state index contributed by atoms with van der Waals surface area (Å²) in [6.45, 7) is 13.1. The first-order valence-corrected chi connectivity index (χ1v) is 7.00. The summed E-state index contributed by atoms with van der Waals surface area (Å²) in [5, 5.41) is 0. The lowest BCUT2D eigenvalue weighted by Crippen LogP contribution is -2.31. The Hall–Kier alpha value is -0.0400. The molecule has 0 aromatic carbocycles. The molecule has 0 aromatic heterocycles. The predicted molar refractivity (Wildman–Crippen MR) is 70.3 cm³/mol. The van der Waals surface area contributed by atoms with Gasteiger partial charge in [-0.25, -0.2) is 0 Å². The van der Waals surface area contributed by atoms with Crippen molar-refractivity contribution in [3.8, 4) is 0 Å². The summed E-state index contributed by atoms with van der Waals surface area (Å²) in [5.74, 6) is 0.943. The molecular formula is C14H31N. The molecule has 0 aliphatic carbocycles. The number of hydrogen-bond donors (Lipinski definition) is 0. The van der Waals surface area contributed by atoms with Gasteiger partial charge in [-0.2, -0.15) is 0 Å². The molecule has 0 aliphatic heterocycles. The van der Waals surface area contributed by atoms with Crippen LogP contribution in [0.25, 0.3) is 0 Å². The molecule has 1 heteroatoms. The lowest BCUT2D eigenvalue weighted by Gasteiger charge is -2.26. The molecule has 0 spiro atoms. The van der Waals surface area contributed by atoms with E-state index in [0.29, 0.717) is 0 Å². The summed E-state index contributed by atoms with van der Waals surface area (Å²) in [6.07, 6.45) is 8.11. The van der Waals surface area contributed by atoms with Gasteiger partial charge in [-0.15, -0.1) is 0 Å². The summed E-state index contributed by atoms with van der Waals surface area (Å²) >= 11 is 0.